The molecule has 2 aromatic rings. The second-order valence-electron chi connectivity index (χ2n) is 5.04. The number of halogens is 3. The summed E-state index contributed by atoms with van der Waals surface area (Å²) in [7, 11) is -2.81. The van der Waals surface area contributed by atoms with Crippen LogP contribution in [0.15, 0.2) is 28.5 Å². The van der Waals surface area contributed by atoms with Crippen LogP contribution in [0.1, 0.15) is 10.4 Å². The molecule has 2 amide bonds. The third-order valence-electron chi connectivity index (χ3n) is 3.18. The van der Waals surface area contributed by atoms with Crippen molar-refractivity contribution in [1.82, 2.24) is 4.31 Å². The van der Waals surface area contributed by atoms with Gasteiger partial charge >= 0.3 is 0 Å². The summed E-state index contributed by atoms with van der Waals surface area (Å²) in [5, 5.41) is 2.08. The first kappa shape index (κ1) is 20.2. The van der Waals surface area contributed by atoms with Gasteiger partial charge in [-0.1, -0.05) is 11.6 Å². The van der Waals surface area contributed by atoms with Gasteiger partial charge in [-0.15, -0.1) is 11.3 Å². The number of hydrogen-bond acceptors (Lipinski definition) is 5. The largest absolute Gasteiger partial charge is 0.366 e. The number of sulfonamides is 1. The van der Waals surface area contributed by atoms with Crippen molar-refractivity contribution < 1.29 is 26.8 Å². The quantitative estimate of drug-likeness (QED) is 0.740. The molecule has 26 heavy (non-hydrogen) atoms. The molecule has 0 aliphatic carbocycles. The van der Waals surface area contributed by atoms with Crippen LogP contribution in [-0.2, 0) is 14.8 Å². The van der Waals surface area contributed by atoms with Crippen molar-refractivity contribution >= 4 is 50.5 Å². The third kappa shape index (κ3) is 4.36. The summed E-state index contributed by atoms with van der Waals surface area (Å²) in [6.45, 7) is -0.652. The molecule has 1 aromatic heterocycles. The van der Waals surface area contributed by atoms with Crippen LogP contribution in [0.25, 0.3) is 0 Å². The number of amides is 2. The van der Waals surface area contributed by atoms with Gasteiger partial charge in [-0.25, -0.2) is 17.2 Å². The van der Waals surface area contributed by atoms with E-state index in [0.717, 1.165) is 28.8 Å². The van der Waals surface area contributed by atoms with Gasteiger partial charge in [0.05, 0.1) is 22.1 Å². The molecule has 0 saturated heterocycles. The monoisotopic (exact) mass is 423 g/mol. The Kier molecular flexibility index (Phi) is 5.96. The highest BCUT2D eigenvalue weighted by Crippen LogP contribution is 2.27. The molecule has 12 heteroatoms. The predicted octanol–water partition coefficient (Wildman–Crippen LogP) is 2.04. The van der Waals surface area contributed by atoms with Crippen molar-refractivity contribution in [3.05, 3.63) is 45.8 Å². The van der Waals surface area contributed by atoms with Crippen LogP contribution in [-0.4, -0.2) is 38.1 Å². The smallest absolute Gasteiger partial charge is 0.252 e. The average molecular weight is 424 g/mol. The number of benzene rings is 1. The zero-order valence-electron chi connectivity index (χ0n) is 13.1. The Labute approximate surface area is 156 Å². The number of likely N-dealkylation sites (N-methyl/N-ethyl adjacent to an activating group) is 1. The van der Waals surface area contributed by atoms with E-state index in [1.165, 1.54) is 12.1 Å². The summed E-state index contributed by atoms with van der Waals surface area (Å²) in [6, 6.07) is 3.81. The Bertz CT molecular complexity index is 979. The van der Waals surface area contributed by atoms with Gasteiger partial charge in [0, 0.05) is 13.1 Å². The third-order valence-corrected chi connectivity index (χ3v) is 6.68. The highest BCUT2D eigenvalue weighted by Gasteiger charge is 2.25. The van der Waals surface area contributed by atoms with Crippen LogP contribution >= 0.6 is 22.9 Å². The molecule has 2 rings (SSSR count). The average Bonchev–Trinajstić information content (AvgIpc) is 2.96. The van der Waals surface area contributed by atoms with E-state index in [2.05, 4.69) is 5.32 Å². The molecule has 0 aliphatic rings. The van der Waals surface area contributed by atoms with E-state index in [0.29, 0.717) is 6.07 Å². The molecule has 7 nitrogen and oxygen atoms in total. The number of nitrogens with zero attached hydrogens (tertiary/aromatic N) is 1. The maximum Gasteiger partial charge on any atom is 0.252 e. The predicted molar refractivity (Wildman–Crippen MR) is 92.7 cm³/mol. The molecule has 0 atom stereocenters. The van der Waals surface area contributed by atoms with E-state index in [1.807, 2.05) is 0 Å². The van der Waals surface area contributed by atoms with Crippen molar-refractivity contribution in [3.8, 4) is 0 Å². The van der Waals surface area contributed by atoms with Crippen molar-refractivity contribution in [2.45, 2.75) is 4.21 Å². The van der Waals surface area contributed by atoms with Gasteiger partial charge in [0.15, 0.2) is 0 Å². The Balaban J connectivity index is 2.16. The van der Waals surface area contributed by atoms with Gasteiger partial charge < -0.3 is 11.1 Å². The number of primary amides is 1. The molecule has 0 bridgehead atoms. The van der Waals surface area contributed by atoms with Gasteiger partial charge in [-0.3, -0.25) is 9.59 Å². The number of anilines is 1. The maximum absolute atomic E-state index is 13.7. The summed E-state index contributed by atoms with van der Waals surface area (Å²) < 4.78 is 52.7. The molecule has 3 N–H and O–H groups in total. The Morgan fingerprint density at radius 3 is 2.46 bits per heavy atom. The number of nitrogens with two attached hydrogens (primary N) is 1. The van der Waals surface area contributed by atoms with Crippen molar-refractivity contribution in [3.63, 3.8) is 0 Å². The van der Waals surface area contributed by atoms with Crippen LogP contribution in [0.4, 0.5) is 14.5 Å². The summed E-state index contributed by atoms with van der Waals surface area (Å²) in [4.78, 5) is 23.1. The van der Waals surface area contributed by atoms with E-state index in [9.17, 15) is 26.8 Å². The lowest BCUT2D eigenvalue weighted by atomic mass is 10.1. The molecule has 0 radical (unpaired) electrons. The number of carbonyl (C=O) groups excluding carboxylic acids is 2. The van der Waals surface area contributed by atoms with Crippen LogP contribution in [0, 0.1) is 11.6 Å². The number of nitrogens with one attached hydrogen (secondary N) is 1. The van der Waals surface area contributed by atoms with E-state index in [-0.39, 0.29) is 8.55 Å². The summed E-state index contributed by atoms with van der Waals surface area (Å²) in [5.74, 6) is -4.37. The number of hydrogen-bond donors (Lipinski definition) is 2. The van der Waals surface area contributed by atoms with Crippen molar-refractivity contribution in [1.29, 1.82) is 0 Å². The molecular formula is C14H12ClF2N3O4S2. The second kappa shape index (κ2) is 7.66. The number of carbonyl (C=O) groups is 2. The minimum absolute atomic E-state index is 0.0678. The minimum Gasteiger partial charge on any atom is -0.366 e. The van der Waals surface area contributed by atoms with Crippen LogP contribution in [0.3, 0.4) is 0 Å². The fourth-order valence-corrected chi connectivity index (χ4v) is 4.72. The van der Waals surface area contributed by atoms with Gasteiger partial charge in [0.25, 0.3) is 15.9 Å². The molecule has 0 spiro atoms. The van der Waals surface area contributed by atoms with E-state index in [4.69, 9.17) is 17.3 Å². The highest BCUT2D eigenvalue weighted by atomic mass is 35.5. The molecule has 0 fully saturated rings. The standard InChI is InChI=1S/C14H12ClF2N3O4S2/c1-20(26(23,24)13-3-2-11(15)25-13)6-12(21)19-10-4-7(14(18)22)8(16)5-9(10)17/h2-5H,6H2,1H3,(H2,18,22)(H,19,21). The molecule has 1 aromatic carbocycles. The first-order valence-corrected chi connectivity index (χ1v) is 9.46. The highest BCUT2D eigenvalue weighted by molar-refractivity contribution is 7.91. The van der Waals surface area contributed by atoms with Crippen molar-refractivity contribution in [2.24, 2.45) is 5.73 Å². The van der Waals surface area contributed by atoms with Crippen LogP contribution in [0.2, 0.25) is 4.34 Å². The zero-order valence-corrected chi connectivity index (χ0v) is 15.5. The lowest BCUT2D eigenvalue weighted by molar-refractivity contribution is -0.116. The van der Waals surface area contributed by atoms with Gasteiger partial charge in [0.2, 0.25) is 5.91 Å². The van der Waals surface area contributed by atoms with Gasteiger partial charge in [0.1, 0.15) is 15.8 Å². The molecule has 0 aliphatic heterocycles. The molecule has 1 heterocycles. The molecular weight excluding hydrogens is 412 g/mol. The maximum atomic E-state index is 13.7. The summed E-state index contributed by atoms with van der Waals surface area (Å²) in [6.07, 6.45) is 0. The van der Waals surface area contributed by atoms with Gasteiger partial charge in [-0.05, 0) is 18.2 Å². The SMILES string of the molecule is CN(CC(=O)Nc1cc(C(N)=O)c(F)cc1F)S(=O)(=O)c1ccc(Cl)s1. The number of rotatable bonds is 6. The summed E-state index contributed by atoms with van der Waals surface area (Å²) in [5.41, 5.74) is 3.84. The van der Waals surface area contributed by atoms with E-state index >= 15 is 0 Å². The summed E-state index contributed by atoms with van der Waals surface area (Å²) >= 11 is 6.52. The molecule has 0 saturated carbocycles. The first-order valence-electron chi connectivity index (χ1n) is 6.82. The zero-order chi connectivity index (χ0) is 19.6. The first-order chi connectivity index (χ1) is 12.0. The normalized spacial score (nSPS) is 11.6. The van der Waals surface area contributed by atoms with Crippen molar-refractivity contribution in [2.75, 3.05) is 18.9 Å². The topological polar surface area (TPSA) is 110 Å². The fourth-order valence-electron chi connectivity index (χ4n) is 1.90. The Morgan fingerprint density at radius 1 is 1.27 bits per heavy atom. The second-order valence-corrected chi connectivity index (χ2v) is 9.03. The lowest BCUT2D eigenvalue weighted by Gasteiger charge is -2.16. The molecule has 0 unspecified atom stereocenters. The van der Waals surface area contributed by atoms with Crippen LogP contribution in [0.5, 0.6) is 0 Å². The van der Waals surface area contributed by atoms with Gasteiger partial charge in [-0.2, -0.15) is 4.31 Å². The Morgan fingerprint density at radius 2 is 1.92 bits per heavy atom. The van der Waals surface area contributed by atoms with E-state index in [1.54, 1.807) is 0 Å². The van der Waals surface area contributed by atoms with Crippen LogP contribution < -0.4 is 11.1 Å². The fraction of sp³-hybridized carbons (Fsp3) is 0.143. The molecule has 140 valence electrons. The number of thiophene rings is 1. The van der Waals surface area contributed by atoms with E-state index < -0.39 is 51.3 Å². The Hall–Kier alpha value is -2.08. The minimum atomic E-state index is -3.97. The lowest BCUT2D eigenvalue weighted by Crippen LogP contribution is -2.34.